The second-order valence-corrected chi connectivity index (χ2v) is 7.44. The molecule has 1 saturated carbocycles. The summed E-state index contributed by atoms with van der Waals surface area (Å²) in [6.45, 7) is 0.943. The first-order chi connectivity index (χ1) is 15.0. The van der Waals surface area contributed by atoms with Crippen molar-refractivity contribution in [2.45, 2.75) is 18.8 Å². The van der Waals surface area contributed by atoms with Gasteiger partial charge in [-0.1, -0.05) is 0 Å². The summed E-state index contributed by atoms with van der Waals surface area (Å²) in [6.07, 6.45) is 5.14. The lowest BCUT2D eigenvalue weighted by Gasteiger charge is -2.17. The quantitative estimate of drug-likeness (QED) is 0.552. The molecule has 1 aromatic carbocycles. The molecule has 1 amide bonds. The third-order valence-corrected chi connectivity index (χ3v) is 5.26. The number of hydrogen-bond acceptors (Lipinski definition) is 6. The van der Waals surface area contributed by atoms with Crippen LogP contribution in [0.1, 0.15) is 34.8 Å². The van der Waals surface area contributed by atoms with E-state index in [1.165, 1.54) is 13.2 Å². The minimum absolute atomic E-state index is 0.112. The molecule has 162 valence electrons. The second-order valence-electron chi connectivity index (χ2n) is 7.44. The molecule has 0 spiro atoms. The van der Waals surface area contributed by atoms with E-state index in [1.807, 2.05) is 0 Å². The maximum atomic E-state index is 14.2. The SMILES string of the molecule is COCCN(C)C(=O)c1cnn(-c2nccc(-c3ccc(OC)c(F)c3)n2)c1C1CC1. The number of nitrogens with zero attached hydrogens (tertiary/aromatic N) is 5. The van der Waals surface area contributed by atoms with Crippen molar-refractivity contribution in [1.82, 2.24) is 24.6 Å². The summed E-state index contributed by atoms with van der Waals surface area (Å²) in [5.41, 5.74) is 2.50. The van der Waals surface area contributed by atoms with E-state index in [0.717, 1.165) is 18.5 Å². The molecule has 0 aliphatic heterocycles. The number of aromatic nitrogens is 4. The van der Waals surface area contributed by atoms with Crippen molar-refractivity contribution in [3.05, 3.63) is 53.7 Å². The van der Waals surface area contributed by atoms with Gasteiger partial charge in [0.25, 0.3) is 11.9 Å². The fraction of sp³-hybridized carbons (Fsp3) is 0.364. The smallest absolute Gasteiger partial charge is 0.257 e. The van der Waals surface area contributed by atoms with Crippen molar-refractivity contribution >= 4 is 5.91 Å². The maximum Gasteiger partial charge on any atom is 0.257 e. The molecular weight excluding hydrogens is 401 g/mol. The number of hydrogen-bond donors (Lipinski definition) is 0. The number of halogens is 1. The number of amides is 1. The van der Waals surface area contributed by atoms with Crippen LogP contribution in [0.3, 0.4) is 0 Å². The molecule has 3 aromatic rings. The first kappa shape index (κ1) is 20.9. The fourth-order valence-corrected chi connectivity index (χ4v) is 3.40. The molecule has 2 heterocycles. The molecule has 2 aromatic heterocycles. The molecule has 0 bridgehead atoms. The van der Waals surface area contributed by atoms with Gasteiger partial charge in [0.2, 0.25) is 0 Å². The summed E-state index contributed by atoms with van der Waals surface area (Å²) >= 11 is 0. The third kappa shape index (κ3) is 4.27. The summed E-state index contributed by atoms with van der Waals surface area (Å²) in [6, 6.07) is 6.37. The van der Waals surface area contributed by atoms with Gasteiger partial charge in [0, 0.05) is 38.4 Å². The Hall–Kier alpha value is -3.33. The summed E-state index contributed by atoms with van der Waals surface area (Å²) in [5, 5.41) is 4.43. The lowest BCUT2D eigenvalue weighted by Crippen LogP contribution is -2.30. The van der Waals surface area contributed by atoms with Crippen LogP contribution in [-0.4, -0.2) is 65.0 Å². The number of ether oxygens (including phenoxy) is 2. The van der Waals surface area contributed by atoms with Crippen LogP contribution >= 0.6 is 0 Å². The van der Waals surface area contributed by atoms with Crippen molar-refractivity contribution in [2.24, 2.45) is 0 Å². The first-order valence-corrected chi connectivity index (χ1v) is 10.0. The predicted octanol–water partition coefficient (Wildman–Crippen LogP) is 3.07. The van der Waals surface area contributed by atoms with Gasteiger partial charge in [0.15, 0.2) is 11.6 Å². The fourth-order valence-electron chi connectivity index (χ4n) is 3.40. The van der Waals surface area contributed by atoms with Crippen molar-refractivity contribution in [1.29, 1.82) is 0 Å². The Labute approximate surface area is 179 Å². The van der Waals surface area contributed by atoms with Crippen LogP contribution in [0.5, 0.6) is 5.75 Å². The number of carbonyl (C=O) groups excluding carboxylic acids is 1. The Balaban J connectivity index is 1.69. The highest BCUT2D eigenvalue weighted by molar-refractivity contribution is 5.95. The maximum absolute atomic E-state index is 14.2. The highest BCUT2D eigenvalue weighted by Gasteiger charge is 2.34. The molecule has 1 aliphatic carbocycles. The third-order valence-electron chi connectivity index (χ3n) is 5.26. The van der Waals surface area contributed by atoms with Gasteiger partial charge >= 0.3 is 0 Å². The summed E-state index contributed by atoms with van der Waals surface area (Å²) < 4.78 is 25.8. The normalized spacial score (nSPS) is 13.3. The molecule has 1 aliphatic rings. The number of likely N-dealkylation sites (N-methyl/N-ethyl adjacent to an activating group) is 1. The van der Waals surface area contributed by atoms with Gasteiger partial charge in [-0.05, 0) is 37.1 Å². The minimum atomic E-state index is -0.468. The van der Waals surface area contributed by atoms with E-state index in [9.17, 15) is 9.18 Å². The Kier molecular flexibility index (Phi) is 5.94. The first-order valence-electron chi connectivity index (χ1n) is 10.0. The summed E-state index contributed by atoms with van der Waals surface area (Å²) in [5.74, 6) is 0.169. The topological polar surface area (TPSA) is 82.4 Å². The van der Waals surface area contributed by atoms with Crippen molar-refractivity contribution < 1.29 is 18.7 Å². The number of carbonyl (C=O) groups is 1. The molecule has 8 nitrogen and oxygen atoms in total. The Morgan fingerprint density at radius 3 is 2.77 bits per heavy atom. The van der Waals surface area contributed by atoms with E-state index >= 15 is 0 Å². The Morgan fingerprint density at radius 2 is 2.10 bits per heavy atom. The van der Waals surface area contributed by atoms with E-state index in [4.69, 9.17) is 9.47 Å². The second kappa shape index (κ2) is 8.81. The minimum Gasteiger partial charge on any atom is -0.494 e. The van der Waals surface area contributed by atoms with Crippen LogP contribution in [0.15, 0.2) is 36.7 Å². The van der Waals surface area contributed by atoms with Crippen molar-refractivity contribution in [2.75, 3.05) is 34.4 Å². The summed E-state index contributed by atoms with van der Waals surface area (Å²) in [7, 11) is 4.76. The van der Waals surface area contributed by atoms with E-state index in [0.29, 0.717) is 35.9 Å². The van der Waals surface area contributed by atoms with Gasteiger partial charge in [0.05, 0.1) is 36.9 Å². The van der Waals surface area contributed by atoms with Gasteiger partial charge in [-0.2, -0.15) is 5.10 Å². The lowest BCUT2D eigenvalue weighted by atomic mass is 10.1. The number of rotatable bonds is 8. The van der Waals surface area contributed by atoms with E-state index in [2.05, 4.69) is 15.1 Å². The zero-order chi connectivity index (χ0) is 22.0. The van der Waals surface area contributed by atoms with E-state index in [-0.39, 0.29) is 17.6 Å². The van der Waals surface area contributed by atoms with Crippen LogP contribution in [0, 0.1) is 5.82 Å². The Morgan fingerprint density at radius 1 is 1.29 bits per heavy atom. The highest BCUT2D eigenvalue weighted by atomic mass is 19.1. The standard InChI is InChI=1S/C22H24FN5O3/c1-27(10-11-30-2)21(29)16-13-25-28(20(16)14-4-5-14)22-24-9-8-18(26-22)15-6-7-19(31-3)17(23)12-15/h6-9,12-14H,4-5,10-11H2,1-3H3. The molecule has 31 heavy (non-hydrogen) atoms. The molecule has 1 fully saturated rings. The molecule has 9 heteroatoms. The largest absolute Gasteiger partial charge is 0.494 e. The molecular formula is C22H24FN5O3. The molecule has 0 unspecified atom stereocenters. The monoisotopic (exact) mass is 425 g/mol. The van der Waals surface area contributed by atoms with E-state index in [1.54, 1.807) is 54.3 Å². The number of benzene rings is 1. The van der Waals surface area contributed by atoms with Crippen LogP contribution in [-0.2, 0) is 4.74 Å². The molecule has 4 rings (SSSR count). The molecule has 0 N–H and O–H groups in total. The average Bonchev–Trinajstić information content (AvgIpc) is 3.54. The van der Waals surface area contributed by atoms with Crippen LogP contribution in [0.2, 0.25) is 0 Å². The van der Waals surface area contributed by atoms with Gasteiger partial charge in [0.1, 0.15) is 0 Å². The lowest BCUT2D eigenvalue weighted by molar-refractivity contribution is 0.0743. The molecule has 0 atom stereocenters. The van der Waals surface area contributed by atoms with E-state index < -0.39 is 5.82 Å². The van der Waals surface area contributed by atoms with Gasteiger partial charge < -0.3 is 14.4 Å². The van der Waals surface area contributed by atoms with Gasteiger partial charge in [-0.15, -0.1) is 0 Å². The molecule has 0 saturated heterocycles. The Bertz CT molecular complexity index is 1100. The highest BCUT2D eigenvalue weighted by Crippen LogP contribution is 2.42. The van der Waals surface area contributed by atoms with Crippen molar-refractivity contribution in [3.8, 4) is 23.0 Å². The summed E-state index contributed by atoms with van der Waals surface area (Å²) in [4.78, 5) is 23.5. The van der Waals surface area contributed by atoms with Gasteiger partial charge in [-0.3, -0.25) is 4.79 Å². The van der Waals surface area contributed by atoms with Crippen LogP contribution in [0.4, 0.5) is 4.39 Å². The zero-order valence-electron chi connectivity index (χ0n) is 17.7. The molecule has 0 radical (unpaired) electrons. The zero-order valence-corrected chi connectivity index (χ0v) is 17.7. The predicted molar refractivity (Wildman–Crippen MR) is 112 cm³/mol. The van der Waals surface area contributed by atoms with Crippen LogP contribution < -0.4 is 4.74 Å². The van der Waals surface area contributed by atoms with Crippen molar-refractivity contribution in [3.63, 3.8) is 0 Å². The van der Waals surface area contributed by atoms with Crippen LogP contribution in [0.25, 0.3) is 17.2 Å². The number of methoxy groups -OCH3 is 2. The average molecular weight is 425 g/mol. The van der Waals surface area contributed by atoms with Gasteiger partial charge in [-0.25, -0.2) is 19.0 Å².